The number of esters is 1. The van der Waals surface area contributed by atoms with Crippen LogP contribution in [-0.2, 0) is 11.3 Å². The summed E-state index contributed by atoms with van der Waals surface area (Å²) in [6.45, 7) is 3.78. The molecule has 0 spiro atoms. The van der Waals surface area contributed by atoms with Crippen LogP contribution in [0.2, 0.25) is 0 Å². The lowest BCUT2D eigenvalue weighted by molar-refractivity contribution is 0.0466. The van der Waals surface area contributed by atoms with Crippen molar-refractivity contribution in [2.45, 2.75) is 20.5 Å². The molecule has 0 unspecified atom stereocenters. The van der Waals surface area contributed by atoms with E-state index in [1.54, 1.807) is 31.4 Å². The van der Waals surface area contributed by atoms with Crippen molar-refractivity contribution in [2.75, 3.05) is 12.8 Å². The molecule has 5 heteroatoms. The van der Waals surface area contributed by atoms with Gasteiger partial charge in [0.2, 0.25) is 0 Å². The number of aromatic nitrogens is 1. The van der Waals surface area contributed by atoms with Gasteiger partial charge in [0.05, 0.1) is 18.4 Å². The van der Waals surface area contributed by atoms with Gasteiger partial charge < -0.3 is 15.2 Å². The minimum atomic E-state index is -0.415. The van der Waals surface area contributed by atoms with E-state index in [2.05, 4.69) is 4.98 Å². The third-order valence-electron chi connectivity index (χ3n) is 3.05. The maximum Gasteiger partial charge on any atom is 0.338 e. The van der Waals surface area contributed by atoms with Crippen molar-refractivity contribution in [3.63, 3.8) is 0 Å². The van der Waals surface area contributed by atoms with Crippen LogP contribution in [0.1, 0.15) is 27.3 Å². The van der Waals surface area contributed by atoms with Crippen molar-refractivity contribution in [3.8, 4) is 5.75 Å². The van der Waals surface area contributed by atoms with Crippen LogP contribution in [0.15, 0.2) is 30.3 Å². The summed E-state index contributed by atoms with van der Waals surface area (Å²) in [6, 6.07) is 8.71. The van der Waals surface area contributed by atoms with E-state index in [0.717, 1.165) is 11.3 Å². The van der Waals surface area contributed by atoms with Crippen molar-refractivity contribution in [1.82, 2.24) is 4.98 Å². The molecule has 0 aliphatic heterocycles. The standard InChI is InChI=1S/C16H18N2O3/c1-10-4-5-12(17)7-15(10)16(19)21-9-13-8-14(20-3)6-11(2)18-13/h4-8H,9,17H2,1-3H3. The van der Waals surface area contributed by atoms with Crippen LogP contribution >= 0.6 is 0 Å². The Kier molecular flexibility index (Phi) is 4.42. The average molecular weight is 286 g/mol. The third kappa shape index (κ3) is 3.72. The molecule has 5 nitrogen and oxygen atoms in total. The second kappa shape index (κ2) is 6.26. The fourth-order valence-electron chi connectivity index (χ4n) is 1.97. The highest BCUT2D eigenvalue weighted by Crippen LogP contribution is 2.17. The third-order valence-corrected chi connectivity index (χ3v) is 3.05. The Balaban J connectivity index is 2.11. The Bertz CT molecular complexity index is 669. The van der Waals surface area contributed by atoms with E-state index in [4.69, 9.17) is 15.2 Å². The molecule has 0 fully saturated rings. The first-order valence-electron chi connectivity index (χ1n) is 6.54. The lowest BCUT2D eigenvalue weighted by atomic mass is 10.1. The molecule has 0 radical (unpaired) electrons. The van der Waals surface area contributed by atoms with Crippen LogP contribution in [0.25, 0.3) is 0 Å². The quantitative estimate of drug-likeness (QED) is 0.691. The van der Waals surface area contributed by atoms with Gasteiger partial charge in [-0.25, -0.2) is 4.79 Å². The van der Waals surface area contributed by atoms with Crippen LogP contribution in [0.3, 0.4) is 0 Å². The highest BCUT2D eigenvalue weighted by Gasteiger charge is 2.12. The maximum atomic E-state index is 12.1. The Hall–Kier alpha value is -2.56. The molecule has 0 amide bonds. The molecule has 2 aromatic rings. The number of pyridine rings is 1. The second-order valence-electron chi connectivity index (χ2n) is 4.79. The van der Waals surface area contributed by atoms with E-state index in [1.165, 1.54) is 0 Å². The summed E-state index contributed by atoms with van der Waals surface area (Å²) in [6.07, 6.45) is 0. The molecule has 0 atom stereocenters. The summed E-state index contributed by atoms with van der Waals surface area (Å²) in [7, 11) is 1.58. The monoisotopic (exact) mass is 286 g/mol. The van der Waals surface area contributed by atoms with Gasteiger partial charge >= 0.3 is 5.97 Å². The van der Waals surface area contributed by atoms with Crippen molar-refractivity contribution in [2.24, 2.45) is 0 Å². The SMILES string of the molecule is COc1cc(C)nc(COC(=O)c2cc(N)ccc2C)c1. The van der Waals surface area contributed by atoms with Crippen molar-refractivity contribution >= 4 is 11.7 Å². The molecular formula is C16H18N2O3. The normalized spacial score (nSPS) is 10.2. The predicted molar refractivity (Wildman–Crippen MR) is 80.2 cm³/mol. The minimum absolute atomic E-state index is 0.0884. The summed E-state index contributed by atoms with van der Waals surface area (Å²) in [5.41, 5.74) is 8.96. The maximum absolute atomic E-state index is 12.1. The molecule has 1 aromatic carbocycles. The molecule has 21 heavy (non-hydrogen) atoms. The number of nitrogens with zero attached hydrogens (tertiary/aromatic N) is 1. The smallest absolute Gasteiger partial charge is 0.338 e. The summed E-state index contributed by atoms with van der Waals surface area (Å²) >= 11 is 0. The average Bonchev–Trinajstić information content (AvgIpc) is 2.46. The second-order valence-corrected chi connectivity index (χ2v) is 4.79. The van der Waals surface area contributed by atoms with Crippen LogP contribution in [0.5, 0.6) is 5.75 Å². The number of aryl methyl sites for hydroxylation is 2. The Morgan fingerprint density at radius 2 is 2.00 bits per heavy atom. The number of hydrogen-bond donors (Lipinski definition) is 1. The van der Waals surface area contributed by atoms with Crippen molar-refractivity contribution in [1.29, 1.82) is 0 Å². The lowest BCUT2D eigenvalue weighted by Gasteiger charge is -2.09. The van der Waals surface area contributed by atoms with Crippen molar-refractivity contribution < 1.29 is 14.3 Å². The van der Waals surface area contributed by atoms with E-state index in [9.17, 15) is 4.79 Å². The van der Waals surface area contributed by atoms with Gasteiger partial charge in [0.25, 0.3) is 0 Å². The van der Waals surface area contributed by atoms with Gasteiger partial charge in [0, 0.05) is 23.5 Å². The number of carbonyl (C=O) groups excluding carboxylic acids is 1. The highest BCUT2D eigenvalue weighted by atomic mass is 16.5. The van der Waals surface area contributed by atoms with Gasteiger partial charge in [-0.1, -0.05) is 6.07 Å². The van der Waals surface area contributed by atoms with E-state index >= 15 is 0 Å². The first kappa shape index (κ1) is 14.8. The zero-order valence-corrected chi connectivity index (χ0v) is 12.3. The van der Waals surface area contributed by atoms with E-state index in [-0.39, 0.29) is 6.61 Å². The first-order chi connectivity index (χ1) is 9.99. The van der Waals surface area contributed by atoms with Gasteiger partial charge in [0.15, 0.2) is 0 Å². The van der Waals surface area contributed by atoms with Gasteiger partial charge in [-0.3, -0.25) is 4.98 Å². The molecule has 0 aliphatic rings. The molecule has 2 rings (SSSR count). The number of anilines is 1. The van der Waals surface area contributed by atoms with E-state index < -0.39 is 5.97 Å². The summed E-state index contributed by atoms with van der Waals surface area (Å²) in [4.78, 5) is 16.4. The zero-order valence-electron chi connectivity index (χ0n) is 12.3. The summed E-state index contributed by atoms with van der Waals surface area (Å²) in [5, 5.41) is 0. The molecular weight excluding hydrogens is 268 g/mol. The Morgan fingerprint density at radius 1 is 1.24 bits per heavy atom. The molecule has 110 valence electrons. The van der Waals surface area contributed by atoms with Crippen molar-refractivity contribution in [3.05, 3.63) is 52.8 Å². The molecule has 2 N–H and O–H groups in total. The largest absolute Gasteiger partial charge is 0.497 e. The summed E-state index contributed by atoms with van der Waals surface area (Å²) < 4.78 is 10.5. The van der Waals surface area contributed by atoms with Crippen LogP contribution in [0, 0.1) is 13.8 Å². The van der Waals surface area contributed by atoms with Gasteiger partial charge in [-0.05, 0) is 31.5 Å². The topological polar surface area (TPSA) is 74.4 Å². The summed E-state index contributed by atoms with van der Waals surface area (Å²) in [5.74, 6) is 0.274. The molecule has 0 saturated heterocycles. The molecule has 0 aliphatic carbocycles. The number of rotatable bonds is 4. The Morgan fingerprint density at radius 3 is 2.71 bits per heavy atom. The predicted octanol–water partition coefficient (Wildman–Crippen LogP) is 2.65. The Labute approximate surface area is 123 Å². The number of nitrogens with two attached hydrogens (primary N) is 1. The van der Waals surface area contributed by atoms with Gasteiger partial charge in [-0.2, -0.15) is 0 Å². The molecule has 1 aromatic heterocycles. The fourth-order valence-corrected chi connectivity index (χ4v) is 1.97. The van der Waals surface area contributed by atoms with Gasteiger partial charge in [-0.15, -0.1) is 0 Å². The fraction of sp³-hybridized carbons (Fsp3) is 0.250. The van der Waals surface area contributed by atoms with Gasteiger partial charge in [0.1, 0.15) is 12.4 Å². The lowest BCUT2D eigenvalue weighted by Crippen LogP contribution is -2.09. The van der Waals surface area contributed by atoms with Crippen LogP contribution < -0.4 is 10.5 Å². The number of benzene rings is 1. The molecule has 0 bridgehead atoms. The number of hydrogen-bond acceptors (Lipinski definition) is 5. The minimum Gasteiger partial charge on any atom is -0.497 e. The number of nitrogen functional groups attached to an aromatic ring is 1. The van der Waals surface area contributed by atoms with Crippen LogP contribution in [-0.4, -0.2) is 18.1 Å². The highest BCUT2D eigenvalue weighted by molar-refractivity contribution is 5.92. The van der Waals surface area contributed by atoms with E-state index in [1.807, 2.05) is 19.9 Å². The van der Waals surface area contributed by atoms with Crippen LogP contribution in [0.4, 0.5) is 5.69 Å². The molecule has 0 saturated carbocycles. The number of ether oxygens (including phenoxy) is 2. The number of carbonyl (C=O) groups is 1. The van der Waals surface area contributed by atoms with E-state index in [0.29, 0.717) is 22.7 Å². The zero-order chi connectivity index (χ0) is 15.4. The molecule has 1 heterocycles. The number of methoxy groups -OCH3 is 1. The first-order valence-corrected chi connectivity index (χ1v) is 6.54.